The molecule has 1 aromatic heterocycles. The van der Waals surface area contributed by atoms with Gasteiger partial charge in [0, 0.05) is 19.1 Å². The summed E-state index contributed by atoms with van der Waals surface area (Å²) in [7, 11) is 0. The van der Waals surface area contributed by atoms with Gasteiger partial charge in [-0.05, 0) is 52.2 Å². The molecule has 1 aliphatic rings. The lowest BCUT2D eigenvalue weighted by Crippen LogP contribution is -2.38. The first kappa shape index (κ1) is 15.9. The summed E-state index contributed by atoms with van der Waals surface area (Å²) in [5.41, 5.74) is -0.430. The minimum Gasteiger partial charge on any atom is -0.468 e. The van der Waals surface area contributed by atoms with Crippen molar-refractivity contribution in [2.24, 2.45) is 0 Å². The molecule has 2 rings (SSSR count). The maximum Gasteiger partial charge on any atom is 0.410 e. The molecule has 0 saturated carbocycles. The van der Waals surface area contributed by atoms with Crippen LogP contribution in [0.5, 0.6) is 0 Å². The van der Waals surface area contributed by atoms with E-state index in [1.54, 1.807) is 6.26 Å². The predicted molar refractivity (Wildman–Crippen MR) is 81.0 cm³/mol. The highest BCUT2D eigenvalue weighted by Crippen LogP contribution is 2.16. The Morgan fingerprint density at radius 1 is 1.43 bits per heavy atom. The Labute approximate surface area is 126 Å². The van der Waals surface area contributed by atoms with Gasteiger partial charge in [0.1, 0.15) is 11.4 Å². The lowest BCUT2D eigenvalue weighted by Gasteiger charge is -2.26. The largest absolute Gasteiger partial charge is 0.468 e. The Morgan fingerprint density at radius 3 is 2.90 bits per heavy atom. The highest BCUT2D eigenvalue weighted by atomic mass is 16.6. The summed E-state index contributed by atoms with van der Waals surface area (Å²) < 4.78 is 10.8. The van der Waals surface area contributed by atoms with Crippen LogP contribution in [0.3, 0.4) is 0 Å². The van der Waals surface area contributed by atoms with Crippen molar-refractivity contribution in [3.63, 3.8) is 0 Å². The number of carbonyl (C=O) groups is 1. The molecule has 1 aromatic rings. The molecular formula is C16H26N2O3. The maximum atomic E-state index is 12.1. The standard InChI is InChI=1S/C16H26N2O3/c1-16(2,3)21-15(19)18-9-4-6-13(8-10-18)17-12-14-7-5-11-20-14/h5,7,11,13,17H,4,6,8-10,12H2,1-3H3/t13-/m1/s1. The van der Waals surface area contributed by atoms with E-state index in [0.717, 1.165) is 44.7 Å². The van der Waals surface area contributed by atoms with Crippen LogP contribution in [0.2, 0.25) is 0 Å². The number of nitrogens with one attached hydrogen (secondary N) is 1. The van der Waals surface area contributed by atoms with Crippen molar-refractivity contribution in [1.82, 2.24) is 10.2 Å². The summed E-state index contributed by atoms with van der Waals surface area (Å²) in [6, 6.07) is 4.29. The first-order valence-electron chi connectivity index (χ1n) is 7.68. The predicted octanol–water partition coefficient (Wildman–Crippen LogP) is 3.16. The van der Waals surface area contributed by atoms with Crippen molar-refractivity contribution in [2.75, 3.05) is 13.1 Å². The summed E-state index contributed by atoms with van der Waals surface area (Å²) in [5, 5.41) is 3.50. The van der Waals surface area contributed by atoms with Crippen molar-refractivity contribution in [3.8, 4) is 0 Å². The molecule has 21 heavy (non-hydrogen) atoms. The van der Waals surface area contributed by atoms with Crippen LogP contribution in [0.25, 0.3) is 0 Å². The van der Waals surface area contributed by atoms with Gasteiger partial charge in [0.15, 0.2) is 0 Å². The number of ether oxygens (including phenoxy) is 1. The molecule has 1 atom stereocenters. The van der Waals surface area contributed by atoms with Crippen molar-refractivity contribution in [3.05, 3.63) is 24.2 Å². The number of hydrogen-bond donors (Lipinski definition) is 1. The molecule has 1 saturated heterocycles. The van der Waals surface area contributed by atoms with E-state index in [0.29, 0.717) is 6.04 Å². The van der Waals surface area contributed by atoms with Crippen LogP contribution in [-0.4, -0.2) is 35.7 Å². The molecule has 5 heteroatoms. The molecule has 1 fully saturated rings. The van der Waals surface area contributed by atoms with Gasteiger partial charge in [-0.15, -0.1) is 0 Å². The van der Waals surface area contributed by atoms with Crippen LogP contribution < -0.4 is 5.32 Å². The van der Waals surface area contributed by atoms with Crippen LogP contribution in [0.15, 0.2) is 22.8 Å². The van der Waals surface area contributed by atoms with Gasteiger partial charge in [-0.25, -0.2) is 4.79 Å². The molecule has 0 aromatic carbocycles. The zero-order valence-corrected chi connectivity index (χ0v) is 13.2. The molecule has 1 N–H and O–H groups in total. The highest BCUT2D eigenvalue weighted by molar-refractivity contribution is 5.68. The van der Waals surface area contributed by atoms with Crippen molar-refractivity contribution >= 4 is 6.09 Å². The molecule has 2 heterocycles. The van der Waals surface area contributed by atoms with Gasteiger partial charge < -0.3 is 19.4 Å². The van der Waals surface area contributed by atoms with Crippen molar-refractivity contribution in [1.29, 1.82) is 0 Å². The molecule has 0 bridgehead atoms. The molecule has 1 amide bonds. The average molecular weight is 294 g/mol. The lowest BCUT2D eigenvalue weighted by molar-refractivity contribution is 0.0256. The minimum atomic E-state index is -0.430. The zero-order chi connectivity index (χ0) is 15.3. The molecule has 0 radical (unpaired) electrons. The SMILES string of the molecule is CC(C)(C)OC(=O)N1CCC[C@@H](NCc2ccco2)CC1. The van der Waals surface area contributed by atoms with Crippen LogP contribution >= 0.6 is 0 Å². The molecule has 1 aliphatic heterocycles. The van der Waals surface area contributed by atoms with Crippen LogP contribution in [0.4, 0.5) is 4.79 Å². The normalized spacial score (nSPS) is 20.1. The van der Waals surface area contributed by atoms with Crippen molar-refractivity contribution in [2.45, 2.75) is 58.2 Å². The first-order valence-corrected chi connectivity index (χ1v) is 7.68. The van der Waals surface area contributed by atoms with E-state index in [2.05, 4.69) is 5.32 Å². The smallest absolute Gasteiger partial charge is 0.410 e. The van der Waals surface area contributed by atoms with Gasteiger partial charge >= 0.3 is 6.09 Å². The quantitative estimate of drug-likeness (QED) is 0.930. The van der Waals surface area contributed by atoms with Gasteiger partial charge in [-0.1, -0.05) is 0 Å². The molecular weight excluding hydrogens is 268 g/mol. The summed E-state index contributed by atoms with van der Waals surface area (Å²) in [4.78, 5) is 13.9. The van der Waals surface area contributed by atoms with E-state index in [1.165, 1.54) is 0 Å². The van der Waals surface area contributed by atoms with Gasteiger partial charge in [-0.3, -0.25) is 0 Å². The summed E-state index contributed by atoms with van der Waals surface area (Å²) in [6.45, 7) is 7.95. The monoisotopic (exact) mass is 294 g/mol. The minimum absolute atomic E-state index is 0.200. The van der Waals surface area contributed by atoms with Crippen LogP contribution in [0.1, 0.15) is 45.8 Å². The second-order valence-electron chi connectivity index (χ2n) is 6.56. The third-order valence-corrected chi connectivity index (χ3v) is 3.52. The Morgan fingerprint density at radius 2 is 2.24 bits per heavy atom. The fraction of sp³-hybridized carbons (Fsp3) is 0.688. The summed E-state index contributed by atoms with van der Waals surface area (Å²) >= 11 is 0. The first-order chi connectivity index (χ1) is 9.94. The Bertz CT molecular complexity index is 437. The molecule has 5 nitrogen and oxygen atoms in total. The van der Waals surface area contributed by atoms with Crippen LogP contribution in [-0.2, 0) is 11.3 Å². The van der Waals surface area contributed by atoms with Gasteiger partial charge in [0.2, 0.25) is 0 Å². The van der Waals surface area contributed by atoms with Gasteiger partial charge in [-0.2, -0.15) is 0 Å². The Hall–Kier alpha value is -1.49. The van der Waals surface area contributed by atoms with E-state index >= 15 is 0 Å². The number of rotatable bonds is 3. The van der Waals surface area contributed by atoms with Crippen molar-refractivity contribution < 1.29 is 13.9 Å². The third-order valence-electron chi connectivity index (χ3n) is 3.52. The number of nitrogens with zero attached hydrogens (tertiary/aromatic N) is 1. The Kier molecular flexibility index (Phi) is 5.28. The van der Waals surface area contributed by atoms with Crippen LogP contribution in [0, 0.1) is 0 Å². The van der Waals surface area contributed by atoms with E-state index in [4.69, 9.17) is 9.15 Å². The van der Waals surface area contributed by atoms with E-state index in [1.807, 2.05) is 37.8 Å². The number of furan rings is 1. The average Bonchev–Trinajstić information content (AvgIpc) is 2.78. The van der Waals surface area contributed by atoms with Gasteiger partial charge in [0.25, 0.3) is 0 Å². The number of hydrogen-bond acceptors (Lipinski definition) is 4. The fourth-order valence-electron chi connectivity index (χ4n) is 2.47. The van der Waals surface area contributed by atoms with E-state index in [-0.39, 0.29) is 6.09 Å². The molecule has 0 aliphatic carbocycles. The third kappa shape index (κ3) is 5.42. The second kappa shape index (κ2) is 6.98. The van der Waals surface area contributed by atoms with E-state index in [9.17, 15) is 4.79 Å². The maximum absolute atomic E-state index is 12.1. The molecule has 118 valence electrons. The number of carbonyl (C=O) groups excluding carboxylic acids is 1. The summed E-state index contributed by atoms with van der Waals surface area (Å²) in [5.74, 6) is 0.947. The lowest BCUT2D eigenvalue weighted by atomic mass is 10.1. The summed E-state index contributed by atoms with van der Waals surface area (Å²) in [6.07, 6.45) is 4.50. The number of amides is 1. The Balaban J connectivity index is 1.77. The second-order valence-corrected chi connectivity index (χ2v) is 6.56. The topological polar surface area (TPSA) is 54.7 Å². The zero-order valence-electron chi connectivity index (χ0n) is 13.2. The van der Waals surface area contributed by atoms with Gasteiger partial charge in [0.05, 0.1) is 12.8 Å². The highest BCUT2D eigenvalue weighted by Gasteiger charge is 2.25. The number of likely N-dealkylation sites (tertiary alicyclic amines) is 1. The fourth-order valence-corrected chi connectivity index (χ4v) is 2.47. The molecule has 0 spiro atoms. The molecule has 0 unspecified atom stereocenters. The van der Waals surface area contributed by atoms with E-state index < -0.39 is 5.60 Å².